The fourth-order valence-electron chi connectivity index (χ4n) is 5.08. The lowest BCUT2D eigenvalue weighted by Gasteiger charge is -2.37. The molecule has 1 saturated heterocycles. The van der Waals surface area contributed by atoms with Crippen molar-refractivity contribution in [2.45, 2.75) is 52.2 Å². The number of benzene rings is 1. The SMILES string of the molecule is C=CC(=O)Nc1cccc(N2C(=O)C(C)(C)Oc3cnc(Nc4ccc(N(C)CCN5CCCC5)nc4OC(C)C)nc32)c1. The summed E-state index contributed by atoms with van der Waals surface area (Å²) in [6.07, 6.45) is 5.12. The van der Waals surface area contributed by atoms with Crippen LogP contribution in [0.1, 0.15) is 40.5 Å². The average molecular weight is 601 g/mol. The number of fused-ring (bicyclic) bond motifs is 1. The molecule has 0 saturated carbocycles. The number of ether oxygens (including phenoxy) is 2. The molecule has 1 aromatic carbocycles. The zero-order valence-corrected chi connectivity index (χ0v) is 26.0. The molecule has 0 radical (unpaired) electrons. The number of carbonyl (C=O) groups is 2. The van der Waals surface area contributed by atoms with Gasteiger partial charge in [-0.05, 0) is 90.0 Å². The van der Waals surface area contributed by atoms with E-state index in [1.54, 1.807) is 38.1 Å². The molecule has 12 heteroatoms. The number of amides is 2. The molecule has 0 unspecified atom stereocenters. The van der Waals surface area contributed by atoms with Gasteiger partial charge in [0.25, 0.3) is 5.91 Å². The van der Waals surface area contributed by atoms with Gasteiger partial charge in [0.15, 0.2) is 17.2 Å². The van der Waals surface area contributed by atoms with E-state index in [4.69, 9.17) is 19.4 Å². The molecule has 0 aliphatic carbocycles. The highest BCUT2D eigenvalue weighted by Gasteiger charge is 2.43. The van der Waals surface area contributed by atoms with Crippen molar-refractivity contribution in [2.75, 3.05) is 53.7 Å². The summed E-state index contributed by atoms with van der Waals surface area (Å²) >= 11 is 0. The Hall–Kier alpha value is -4.71. The van der Waals surface area contributed by atoms with E-state index in [0.717, 1.165) is 32.0 Å². The van der Waals surface area contributed by atoms with Crippen molar-refractivity contribution in [3.63, 3.8) is 0 Å². The first-order chi connectivity index (χ1) is 21.0. The molecule has 44 heavy (non-hydrogen) atoms. The van der Waals surface area contributed by atoms with Crippen molar-refractivity contribution in [2.24, 2.45) is 0 Å². The highest BCUT2D eigenvalue weighted by atomic mass is 16.5. The second-order valence-corrected chi connectivity index (χ2v) is 11.7. The minimum absolute atomic E-state index is 0.116. The largest absolute Gasteiger partial charge is 0.473 e. The molecule has 232 valence electrons. The van der Waals surface area contributed by atoms with Gasteiger partial charge >= 0.3 is 0 Å². The van der Waals surface area contributed by atoms with Gasteiger partial charge in [0.1, 0.15) is 11.5 Å². The second kappa shape index (κ2) is 12.9. The van der Waals surface area contributed by atoms with Gasteiger partial charge in [-0.25, -0.2) is 4.98 Å². The molecule has 2 aromatic heterocycles. The second-order valence-electron chi connectivity index (χ2n) is 11.7. The fraction of sp³-hybridized carbons (Fsp3) is 0.406. The van der Waals surface area contributed by atoms with Gasteiger partial charge in [0.05, 0.1) is 18.0 Å². The molecule has 2 aliphatic heterocycles. The van der Waals surface area contributed by atoms with Gasteiger partial charge in [0, 0.05) is 25.8 Å². The number of hydrogen-bond donors (Lipinski definition) is 2. The number of nitrogens with zero attached hydrogens (tertiary/aromatic N) is 6. The summed E-state index contributed by atoms with van der Waals surface area (Å²) in [5, 5.41) is 5.96. The van der Waals surface area contributed by atoms with Crippen LogP contribution in [0.3, 0.4) is 0 Å². The molecule has 2 amide bonds. The number of pyridine rings is 1. The molecule has 3 aromatic rings. The van der Waals surface area contributed by atoms with Crippen molar-refractivity contribution in [3.05, 3.63) is 55.3 Å². The number of anilines is 6. The third-order valence-corrected chi connectivity index (χ3v) is 7.37. The first kappa shape index (κ1) is 30.7. The maximum absolute atomic E-state index is 13.7. The minimum Gasteiger partial charge on any atom is -0.473 e. The van der Waals surface area contributed by atoms with Crippen molar-refractivity contribution < 1.29 is 19.1 Å². The molecule has 4 heterocycles. The van der Waals surface area contributed by atoms with Gasteiger partial charge in [0.2, 0.25) is 17.7 Å². The average Bonchev–Trinajstić information content (AvgIpc) is 3.51. The van der Waals surface area contributed by atoms with E-state index < -0.39 is 5.60 Å². The molecule has 0 bridgehead atoms. The van der Waals surface area contributed by atoms with Crippen LogP contribution in [-0.2, 0) is 9.59 Å². The van der Waals surface area contributed by atoms with Gasteiger partial charge < -0.3 is 29.9 Å². The molecule has 12 nitrogen and oxygen atoms in total. The molecule has 2 aliphatic rings. The van der Waals surface area contributed by atoms with Crippen LogP contribution >= 0.6 is 0 Å². The Balaban J connectivity index is 1.44. The van der Waals surface area contributed by atoms with Crippen molar-refractivity contribution in [3.8, 4) is 11.6 Å². The fourth-order valence-corrected chi connectivity index (χ4v) is 5.08. The first-order valence-corrected chi connectivity index (χ1v) is 14.9. The van der Waals surface area contributed by atoms with E-state index in [2.05, 4.69) is 32.0 Å². The summed E-state index contributed by atoms with van der Waals surface area (Å²) in [5.41, 5.74) is 0.417. The Kier molecular flexibility index (Phi) is 9.00. The lowest BCUT2D eigenvalue weighted by Crippen LogP contribution is -2.51. The minimum atomic E-state index is -1.18. The first-order valence-electron chi connectivity index (χ1n) is 14.9. The van der Waals surface area contributed by atoms with E-state index in [-0.39, 0.29) is 29.7 Å². The molecule has 0 spiro atoms. The topological polar surface area (TPSA) is 125 Å². The van der Waals surface area contributed by atoms with Crippen LogP contribution in [0, 0.1) is 0 Å². The molecule has 5 rings (SSSR count). The number of hydrogen-bond acceptors (Lipinski definition) is 10. The quantitative estimate of drug-likeness (QED) is 0.294. The van der Waals surface area contributed by atoms with Crippen molar-refractivity contribution >= 4 is 46.5 Å². The highest BCUT2D eigenvalue weighted by Crippen LogP contribution is 2.41. The third-order valence-electron chi connectivity index (χ3n) is 7.37. The molecule has 0 atom stereocenters. The normalized spacial score (nSPS) is 15.9. The van der Waals surface area contributed by atoms with Crippen molar-refractivity contribution in [1.29, 1.82) is 0 Å². The highest BCUT2D eigenvalue weighted by molar-refractivity contribution is 6.08. The Labute approximate surface area is 258 Å². The van der Waals surface area contributed by atoms with Gasteiger partial charge in [-0.15, -0.1) is 0 Å². The van der Waals surface area contributed by atoms with E-state index in [1.807, 2.05) is 33.0 Å². The zero-order chi connectivity index (χ0) is 31.4. The van der Waals surface area contributed by atoms with Crippen LogP contribution in [0.5, 0.6) is 11.6 Å². The summed E-state index contributed by atoms with van der Waals surface area (Å²) < 4.78 is 12.1. The summed E-state index contributed by atoms with van der Waals surface area (Å²) in [6, 6.07) is 10.8. The number of likely N-dealkylation sites (tertiary alicyclic amines) is 1. The molecule has 1 fully saturated rings. The third kappa shape index (κ3) is 6.91. The van der Waals surface area contributed by atoms with Crippen LogP contribution in [0.4, 0.5) is 34.6 Å². The lowest BCUT2D eigenvalue weighted by atomic mass is 10.0. The maximum Gasteiger partial charge on any atom is 0.276 e. The van der Waals surface area contributed by atoms with Crippen molar-refractivity contribution in [1.82, 2.24) is 19.9 Å². The smallest absolute Gasteiger partial charge is 0.276 e. The predicted molar refractivity (Wildman–Crippen MR) is 171 cm³/mol. The summed E-state index contributed by atoms with van der Waals surface area (Å²) in [5.74, 6) is 1.36. The number of aromatic nitrogens is 3. The summed E-state index contributed by atoms with van der Waals surface area (Å²) in [4.78, 5) is 45.6. The van der Waals surface area contributed by atoms with Gasteiger partial charge in [-0.3, -0.25) is 14.5 Å². The van der Waals surface area contributed by atoms with E-state index >= 15 is 0 Å². The Morgan fingerprint density at radius 1 is 1.20 bits per heavy atom. The van der Waals surface area contributed by atoms with Gasteiger partial charge in [-0.2, -0.15) is 9.97 Å². The molecular formula is C32H40N8O4. The summed E-state index contributed by atoms with van der Waals surface area (Å²) in [6.45, 7) is 14.9. The van der Waals surface area contributed by atoms with Crippen LogP contribution in [0.25, 0.3) is 0 Å². The van der Waals surface area contributed by atoms with Crippen LogP contribution in [-0.4, -0.2) is 76.6 Å². The van der Waals surface area contributed by atoms with Crippen LogP contribution < -0.4 is 29.9 Å². The number of nitrogens with one attached hydrogen (secondary N) is 2. The summed E-state index contributed by atoms with van der Waals surface area (Å²) in [7, 11) is 2.03. The maximum atomic E-state index is 13.7. The molecule has 2 N–H and O–H groups in total. The Bertz CT molecular complexity index is 1540. The number of rotatable bonds is 11. The number of likely N-dealkylation sites (N-methyl/N-ethyl adjacent to an activating group) is 1. The van der Waals surface area contributed by atoms with Crippen LogP contribution in [0.2, 0.25) is 0 Å². The predicted octanol–water partition coefficient (Wildman–Crippen LogP) is 4.89. The van der Waals surface area contributed by atoms with E-state index in [0.29, 0.717) is 28.7 Å². The van der Waals surface area contributed by atoms with E-state index in [1.165, 1.54) is 30.0 Å². The lowest BCUT2D eigenvalue weighted by molar-refractivity contribution is -0.131. The number of carbonyl (C=O) groups excluding carboxylic acids is 2. The van der Waals surface area contributed by atoms with E-state index in [9.17, 15) is 9.59 Å². The molecular weight excluding hydrogens is 560 g/mol. The monoisotopic (exact) mass is 600 g/mol. The Morgan fingerprint density at radius 3 is 2.70 bits per heavy atom. The zero-order valence-electron chi connectivity index (χ0n) is 26.0. The standard InChI is InChI=1S/C32H40N8O4/c1-7-27(41)34-22-11-10-12-23(19-22)40-28-25(44-32(4,5)30(40)42)20-33-31(37-28)35-24-13-14-26(36-29(24)43-21(2)3)38(6)17-18-39-15-8-9-16-39/h7,10-14,19-21H,1,8-9,15-18H2,2-6H3,(H,34,41)(H,33,35,37). The van der Waals surface area contributed by atoms with Crippen LogP contribution in [0.15, 0.2) is 55.3 Å². The Morgan fingerprint density at radius 2 is 1.98 bits per heavy atom. The van der Waals surface area contributed by atoms with Gasteiger partial charge in [-0.1, -0.05) is 12.6 Å².